The number of likely N-dealkylation sites (tertiary alicyclic amines) is 1. The summed E-state index contributed by atoms with van der Waals surface area (Å²) in [5.74, 6) is 2.42. The number of piperidine rings is 1. The van der Waals surface area contributed by atoms with E-state index in [9.17, 15) is 4.79 Å². The first kappa shape index (κ1) is 17.6. The summed E-state index contributed by atoms with van der Waals surface area (Å²) in [6.07, 6.45) is 2.44. The zero-order valence-corrected chi connectivity index (χ0v) is 15.1. The van der Waals surface area contributed by atoms with Crippen LogP contribution in [0.5, 0.6) is 5.75 Å². The van der Waals surface area contributed by atoms with Crippen molar-refractivity contribution in [3.8, 4) is 5.75 Å². The highest BCUT2D eigenvalue weighted by Crippen LogP contribution is 2.33. The fourth-order valence-corrected chi connectivity index (χ4v) is 3.45. The smallest absolute Gasteiger partial charge is 0.222 e. The first-order chi connectivity index (χ1) is 12.2. The summed E-state index contributed by atoms with van der Waals surface area (Å²) in [6.45, 7) is 5.09. The van der Waals surface area contributed by atoms with Crippen LogP contribution in [0.15, 0.2) is 29.3 Å². The highest BCUT2D eigenvalue weighted by Gasteiger charge is 2.24. The monoisotopic (exact) mass is 344 g/mol. The van der Waals surface area contributed by atoms with Crippen LogP contribution in [-0.2, 0) is 4.79 Å². The van der Waals surface area contributed by atoms with Gasteiger partial charge in [-0.1, -0.05) is 18.2 Å². The first-order valence-corrected chi connectivity index (χ1v) is 9.18. The van der Waals surface area contributed by atoms with E-state index in [4.69, 9.17) is 9.73 Å². The van der Waals surface area contributed by atoms with Gasteiger partial charge < -0.3 is 20.3 Å². The highest BCUT2D eigenvalue weighted by molar-refractivity contribution is 5.81. The van der Waals surface area contributed by atoms with Crippen molar-refractivity contribution >= 4 is 11.9 Å². The van der Waals surface area contributed by atoms with Gasteiger partial charge in [0.05, 0.1) is 6.61 Å². The minimum absolute atomic E-state index is 0.221. The third-order valence-electron chi connectivity index (χ3n) is 4.86. The maximum absolute atomic E-state index is 11.6. The fraction of sp³-hybridized carbons (Fsp3) is 0.579. The molecule has 1 saturated heterocycles. The number of nitrogens with one attached hydrogen (secondary N) is 2. The van der Waals surface area contributed by atoms with Gasteiger partial charge in [-0.15, -0.1) is 0 Å². The van der Waals surface area contributed by atoms with E-state index in [-0.39, 0.29) is 11.9 Å². The molecule has 2 atom stereocenters. The minimum atomic E-state index is 0.221. The molecule has 0 radical (unpaired) electrons. The van der Waals surface area contributed by atoms with Gasteiger partial charge in [0, 0.05) is 45.1 Å². The van der Waals surface area contributed by atoms with Gasteiger partial charge in [0.25, 0.3) is 0 Å². The third kappa shape index (κ3) is 4.44. The zero-order valence-electron chi connectivity index (χ0n) is 15.1. The van der Waals surface area contributed by atoms with E-state index in [0.717, 1.165) is 50.8 Å². The van der Waals surface area contributed by atoms with Crippen molar-refractivity contribution in [2.75, 3.05) is 33.3 Å². The van der Waals surface area contributed by atoms with E-state index in [1.165, 1.54) is 5.56 Å². The summed E-state index contributed by atoms with van der Waals surface area (Å²) >= 11 is 0. The molecule has 1 fully saturated rings. The Morgan fingerprint density at radius 1 is 1.36 bits per heavy atom. The molecule has 1 amide bonds. The van der Waals surface area contributed by atoms with Crippen LogP contribution in [0.3, 0.4) is 0 Å². The molecule has 2 N–H and O–H groups in total. The van der Waals surface area contributed by atoms with Gasteiger partial charge in [0.1, 0.15) is 5.75 Å². The molecule has 136 valence electrons. The number of fused-ring (bicyclic) bond motifs is 1. The van der Waals surface area contributed by atoms with Gasteiger partial charge in [-0.05, 0) is 31.4 Å². The lowest BCUT2D eigenvalue weighted by Crippen LogP contribution is -2.51. The van der Waals surface area contributed by atoms with Crippen LogP contribution < -0.4 is 15.4 Å². The Kier molecular flexibility index (Phi) is 5.79. The Labute approximate surface area is 149 Å². The lowest BCUT2D eigenvalue weighted by atomic mass is 9.93. The molecule has 0 saturated carbocycles. The van der Waals surface area contributed by atoms with E-state index >= 15 is 0 Å². The predicted octanol–water partition coefficient (Wildman–Crippen LogP) is 1.73. The number of aliphatic imine (C=N–C) groups is 1. The molecular formula is C19H28N4O2. The summed E-state index contributed by atoms with van der Waals surface area (Å²) in [5.41, 5.74) is 1.25. The average Bonchev–Trinajstić information content (AvgIpc) is 2.63. The number of guanidine groups is 1. The van der Waals surface area contributed by atoms with Gasteiger partial charge >= 0.3 is 0 Å². The van der Waals surface area contributed by atoms with Gasteiger partial charge in [0.15, 0.2) is 5.96 Å². The molecular weight excluding hydrogens is 316 g/mol. The van der Waals surface area contributed by atoms with E-state index in [2.05, 4.69) is 29.7 Å². The zero-order chi connectivity index (χ0) is 17.6. The van der Waals surface area contributed by atoms with Crippen molar-refractivity contribution in [2.24, 2.45) is 4.99 Å². The van der Waals surface area contributed by atoms with Crippen molar-refractivity contribution < 1.29 is 9.53 Å². The molecule has 6 heteroatoms. The highest BCUT2D eigenvalue weighted by atomic mass is 16.5. The SMILES string of the molecule is CCNC(=NCC1CCOc2ccccc21)NC1CCC(=O)N(C)C1. The molecule has 1 aromatic carbocycles. The molecule has 0 aliphatic carbocycles. The number of carbonyl (C=O) groups is 1. The number of para-hydroxylation sites is 1. The lowest BCUT2D eigenvalue weighted by molar-refractivity contribution is -0.132. The van der Waals surface area contributed by atoms with Crippen LogP contribution >= 0.6 is 0 Å². The number of likely N-dealkylation sites (N-methyl/N-ethyl adjacent to an activating group) is 1. The second kappa shape index (κ2) is 8.23. The molecule has 25 heavy (non-hydrogen) atoms. The van der Waals surface area contributed by atoms with E-state index in [0.29, 0.717) is 12.3 Å². The van der Waals surface area contributed by atoms with Crippen LogP contribution in [0, 0.1) is 0 Å². The molecule has 2 aliphatic heterocycles. The summed E-state index contributed by atoms with van der Waals surface area (Å²) in [6, 6.07) is 8.49. The van der Waals surface area contributed by atoms with E-state index in [1.807, 2.05) is 19.2 Å². The molecule has 0 spiro atoms. The van der Waals surface area contributed by atoms with Crippen LogP contribution in [0.25, 0.3) is 0 Å². The standard InChI is InChI=1S/C19H28N4O2/c1-3-20-19(22-15-8-9-18(24)23(2)13-15)21-12-14-10-11-25-17-7-5-4-6-16(14)17/h4-7,14-15H,3,8-13H2,1-2H3,(H2,20,21,22). The summed E-state index contributed by atoms with van der Waals surface area (Å²) in [5, 5.41) is 6.81. The van der Waals surface area contributed by atoms with Crippen LogP contribution in [0.4, 0.5) is 0 Å². The van der Waals surface area contributed by atoms with Gasteiger partial charge in [0.2, 0.25) is 5.91 Å². The predicted molar refractivity (Wildman–Crippen MR) is 99.1 cm³/mol. The Bertz CT molecular complexity index is 632. The Balaban J connectivity index is 1.64. The van der Waals surface area contributed by atoms with Gasteiger partial charge in [-0.2, -0.15) is 0 Å². The Hall–Kier alpha value is -2.24. The number of nitrogens with zero attached hydrogens (tertiary/aromatic N) is 2. The van der Waals surface area contributed by atoms with Crippen molar-refractivity contribution in [3.05, 3.63) is 29.8 Å². The van der Waals surface area contributed by atoms with Gasteiger partial charge in [-0.3, -0.25) is 9.79 Å². The fourth-order valence-electron chi connectivity index (χ4n) is 3.45. The van der Waals surface area contributed by atoms with Crippen LogP contribution in [0.1, 0.15) is 37.7 Å². The van der Waals surface area contributed by atoms with Gasteiger partial charge in [-0.25, -0.2) is 0 Å². The third-order valence-corrected chi connectivity index (χ3v) is 4.86. The molecule has 0 bridgehead atoms. The Morgan fingerprint density at radius 2 is 2.20 bits per heavy atom. The normalized spacial score (nSPS) is 23.7. The molecule has 6 nitrogen and oxygen atoms in total. The van der Waals surface area contributed by atoms with E-state index in [1.54, 1.807) is 4.90 Å². The molecule has 2 unspecified atom stereocenters. The van der Waals surface area contributed by atoms with Crippen molar-refractivity contribution in [2.45, 2.75) is 38.1 Å². The van der Waals surface area contributed by atoms with Crippen molar-refractivity contribution in [3.63, 3.8) is 0 Å². The number of benzene rings is 1. The number of amides is 1. The maximum atomic E-state index is 11.6. The lowest BCUT2D eigenvalue weighted by Gasteiger charge is -2.31. The average molecular weight is 344 g/mol. The van der Waals surface area contributed by atoms with E-state index < -0.39 is 0 Å². The first-order valence-electron chi connectivity index (χ1n) is 9.18. The van der Waals surface area contributed by atoms with Crippen molar-refractivity contribution in [1.82, 2.24) is 15.5 Å². The maximum Gasteiger partial charge on any atom is 0.222 e. The minimum Gasteiger partial charge on any atom is -0.493 e. The molecule has 2 aliphatic rings. The van der Waals surface area contributed by atoms with Crippen molar-refractivity contribution in [1.29, 1.82) is 0 Å². The second-order valence-electron chi connectivity index (χ2n) is 6.75. The quantitative estimate of drug-likeness (QED) is 0.645. The molecule has 0 aromatic heterocycles. The summed E-state index contributed by atoms with van der Waals surface area (Å²) < 4.78 is 5.73. The summed E-state index contributed by atoms with van der Waals surface area (Å²) in [7, 11) is 1.86. The largest absolute Gasteiger partial charge is 0.493 e. The van der Waals surface area contributed by atoms with Crippen LogP contribution in [0.2, 0.25) is 0 Å². The number of ether oxygens (including phenoxy) is 1. The number of carbonyl (C=O) groups excluding carboxylic acids is 1. The topological polar surface area (TPSA) is 66.0 Å². The molecule has 2 heterocycles. The number of hydrogen-bond donors (Lipinski definition) is 2. The Morgan fingerprint density at radius 3 is 3.00 bits per heavy atom. The number of rotatable bonds is 4. The summed E-state index contributed by atoms with van der Waals surface area (Å²) in [4.78, 5) is 18.2. The second-order valence-corrected chi connectivity index (χ2v) is 6.75. The molecule has 1 aromatic rings. The number of hydrogen-bond acceptors (Lipinski definition) is 3. The molecule has 3 rings (SSSR count). The van der Waals surface area contributed by atoms with Crippen LogP contribution in [-0.4, -0.2) is 56.1 Å².